The van der Waals surface area contributed by atoms with Gasteiger partial charge in [0.25, 0.3) is 0 Å². The largest absolute Gasteiger partial charge is 0.353 e. The predicted molar refractivity (Wildman–Crippen MR) is 67.9 cm³/mol. The van der Waals surface area contributed by atoms with Gasteiger partial charge in [0.1, 0.15) is 0 Å². The van der Waals surface area contributed by atoms with E-state index < -0.39 is 0 Å². The molecule has 0 aliphatic carbocycles. The summed E-state index contributed by atoms with van der Waals surface area (Å²) in [6.07, 6.45) is 6.45. The Morgan fingerprint density at radius 1 is 1.13 bits per heavy atom. The van der Waals surface area contributed by atoms with E-state index in [1.54, 1.807) is 6.08 Å². The first-order valence-corrected chi connectivity index (χ1v) is 6.09. The second-order valence-corrected chi connectivity index (χ2v) is 3.57. The number of nitrogens with one attached hydrogen (secondary N) is 1. The third-order valence-electron chi connectivity index (χ3n) is 1.75. The zero-order valence-corrected chi connectivity index (χ0v) is 11.0. The van der Waals surface area contributed by atoms with Gasteiger partial charge in [-0.15, -0.1) is 0 Å². The van der Waals surface area contributed by atoms with Crippen LogP contribution in [-0.2, 0) is 4.79 Å². The molecule has 90 valence electrons. The smallest absolute Gasteiger partial charge is 0.243 e. The molecule has 0 radical (unpaired) electrons. The highest BCUT2D eigenvalue weighted by Gasteiger charge is 1.94. The standard InChI is InChI=1S/C11H21NO.C2H6/c1-4-5-6-7-8-12-11(13)9-10(2)3;1-2/h9H,4-8H2,1-3H3,(H,12,13);1-2H3. The van der Waals surface area contributed by atoms with Crippen LogP contribution in [0.5, 0.6) is 0 Å². The van der Waals surface area contributed by atoms with E-state index in [2.05, 4.69) is 12.2 Å². The highest BCUT2D eigenvalue weighted by molar-refractivity contribution is 5.87. The van der Waals surface area contributed by atoms with Gasteiger partial charge < -0.3 is 5.32 Å². The summed E-state index contributed by atoms with van der Waals surface area (Å²) in [6, 6.07) is 0. The molecule has 0 saturated heterocycles. The Labute approximate surface area is 95.1 Å². The third kappa shape index (κ3) is 15.9. The van der Waals surface area contributed by atoms with Crippen molar-refractivity contribution in [1.29, 1.82) is 0 Å². The fourth-order valence-corrected chi connectivity index (χ4v) is 1.08. The zero-order valence-electron chi connectivity index (χ0n) is 11.0. The summed E-state index contributed by atoms with van der Waals surface area (Å²) in [7, 11) is 0. The maximum absolute atomic E-state index is 11.1. The molecule has 1 amide bonds. The normalized spacial score (nSPS) is 8.60. The molecular formula is C13H27NO. The van der Waals surface area contributed by atoms with Crippen LogP contribution in [-0.4, -0.2) is 12.5 Å². The minimum Gasteiger partial charge on any atom is -0.353 e. The van der Waals surface area contributed by atoms with Crippen molar-refractivity contribution in [1.82, 2.24) is 5.32 Å². The lowest BCUT2D eigenvalue weighted by atomic mass is 10.2. The van der Waals surface area contributed by atoms with Crippen LogP contribution < -0.4 is 5.32 Å². The summed E-state index contributed by atoms with van der Waals surface area (Å²) in [4.78, 5) is 11.1. The first-order valence-electron chi connectivity index (χ1n) is 6.09. The fourth-order valence-electron chi connectivity index (χ4n) is 1.08. The van der Waals surface area contributed by atoms with Gasteiger partial charge in [0.15, 0.2) is 0 Å². The van der Waals surface area contributed by atoms with E-state index in [9.17, 15) is 4.79 Å². The first-order chi connectivity index (χ1) is 7.16. The highest BCUT2D eigenvalue weighted by Crippen LogP contribution is 1.97. The Balaban J connectivity index is 0. The highest BCUT2D eigenvalue weighted by atomic mass is 16.1. The van der Waals surface area contributed by atoms with Crippen molar-refractivity contribution in [3.05, 3.63) is 11.6 Å². The van der Waals surface area contributed by atoms with E-state index in [4.69, 9.17) is 0 Å². The van der Waals surface area contributed by atoms with Gasteiger partial charge in [0.05, 0.1) is 0 Å². The van der Waals surface area contributed by atoms with Crippen LogP contribution in [0.1, 0.15) is 60.3 Å². The number of hydrogen-bond acceptors (Lipinski definition) is 1. The molecule has 0 aliphatic rings. The van der Waals surface area contributed by atoms with Gasteiger partial charge >= 0.3 is 0 Å². The minimum atomic E-state index is 0.0384. The van der Waals surface area contributed by atoms with Crippen LogP contribution in [0.3, 0.4) is 0 Å². The lowest BCUT2D eigenvalue weighted by Gasteiger charge is -2.01. The fraction of sp³-hybridized carbons (Fsp3) is 0.769. The van der Waals surface area contributed by atoms with E-state index in [0.29, 0.717) is 0 Å². The molecule has 0 atom stereocenters. The molecule has 0 aromatic rings. The van der Waals surface area contributed by atoms with E-state index in [0.717, 1.165) is 18.5 Å². The van der Waals surface area contributed by atoms with Crippen molar-refractivity contribution in [2.45, 2.75) is 60.3 Å². The maximum atomic E-state index is 11.1. The molecule has 0 aliphatic heterocycles. The average Bonchev–Trinajstić information content (AvgIpc) is 2.19. The van der Waals surface area contributed by atoms with Crippen LogP contribution >= 0.6 is 0 Å². The molecule has 0 heterocycles. The van der Waals surface area contributed by atoms with Crippen molar-refractivity contribution < 1.29 is 4.79 Å². The van der Waals surface area contributed by atoms with Gasteiger partial charge in [-0.3, -0.25) is 4.79 Å². The lowest BCUT2D eigenvalue weighted by Crippen LogP contribution is -2.22. The maximum Gasteiger partial charge on any atom is 0.243 e. The predicted octanol–water partition coefficient (Wildman–Crippen LogP) is 3.68. The number of carbonyl (C=O) groups excluding carboxylic acids is 1. The lowest BCUT2D eigenvalue weighted by molar-refractivity contribution is -0.116. The van der Waals surface area contributed by atoms with E-state index in [1.165, 1.54) is 19.3 Å². The molecule has 0 aromatic carbocycles. The van der Waals surface area contributed by atoms with Gasteiger partial charge in [-0.05, 0) is 20.3 Å². The van der Waals surface area contributed by atoms with Gasteiger partial charge in [0, 0.05) is 12.6 Å². The summed E-state index contributed by atoms with van der Waals surface area (Å²) in [5.74, 6) is 0.0384. The van der Waals surface area contributed by atoms with Crippen LogP contribution in [0, 0.1) is 0 Å². The molecule has 0 unspecified atom stereocenters. The zero-order chi connectivity index (χ0) is 12.1. The number of carbonyl (C=O) groups is 1. The second-order valence-electron chi connectivity index (χ2n) is 3.57. The summed E-state index contributed by atoms with van der Waals surface area (Å²) in [5, 5.41) is 2.86. The quantitative estimate of drug-likeness (QED) is 0.529. The number of unbranched alkanes of at least 4 members (excludes halogenated alkanes) is 3. The molecule has 0 rings (SSSR count). The summed E-state index contributed by atoms with van der Waals surface area (Å²) in [6.45, 7) is 10.8. The molecule has 2 heteroatoms. The first kappa shape index (κ1) is 16.6. The van der Waals surface area contributed by atoms with E-state index in [-0.39, 0.29) is 5.91 Å². The van der Waals surface area contributed by atoms with Crippen molar-refractivity contribution in [3.63, 3.8) is 0 Å². The van der Waals surface area contributed by atoms with Gasteiger partial charge in [0.2, 0.25) is 5.91 Å². The van der Waals surface area contributed by atoms with Crippen molar-refractivity contribution in [2.75, 3.05) is 6.54 Å². The molecule has 2 nitrogen and oxygen atoms in total. The Hall–Kier alpha value is -0.790. The Morgan fingerprint density at radius 2 is 1.73 bits per heavy atom. The number of rotatable bonds is 6. The van der Waals surface area contributed by atoms with Gasteiger partial charge in [-0.2, -0.15) is 0 Å². The molecule has 0 fully saturated rings. The van der Waals surface area contributed by atoms with E-state index in [1.807, 2.05) is 27.7 Å². The van der Waals surface area contributed by atoms with Crippen molar-refractivity contribution in [3.8, 4) is 0 Å². The topological polar surface area (TPSA) is 29.1 Å². The van der Waals surface area contributed by atoms with Crippen molar-refractivity contribution >= 4 is 5.91 Å². The van der Waals surface area contributed by atoms with Crippen molar-refractivity contribution in [2.24, 2.45) is 0 Å². The van der Waals surface area contributed by atoms with Gasteiger partial charge in [-0.25, -0.2) is 0 Å². The molecular weight excluding hydrogens is 186 g/mol. The number of allylic oxidation sites excluding steroid dienone is 1. The van der Waals surface area contributed by atoms with Crippen LogP contribution in [0.2, 0.25) is 0 Å². The number of hydrogen-bond donors (Lipinski definition) is 1. The number of amides is 1. The average molecular weight is 213 g/mol. The minimum absolute atomic E-state index is 0.0384. The molecule has 0 saturated carbocycles. The van der Waals surface area contributed by atoms with Gasteiger partial charge in [-0.1, -0.05) is 45.6 Å². The Bertz CT molecular complexity index is 169. The molecule has 1 N–H and O–H groups in total. The molecule has 0 bridgehead atoms. The molecule has 0 spiro atoms. The molecule has 15 heavy (non-hydrogen) atoms. The second kappa shape index (κ2) is 13.2. The summed E-state index contributed by atoms with van der Waals surface area (Å²) in [5.41, 5.74) is 1.05. The summed E-state index contributed by atoms with van der Waals surface area (Å²) >= 11 is 0. The summed E-state index contributed by atoms with van der Waals surface area (Å²) < 4.78 is 0. The van der Waals surface area contributed by atoms with Crippen LogP contribution in [0.25, 0.3) is 0 Å². The Kier molecular flexibility index (Phi) is 14.6. The monoisotopic (exact) mass is 213 g/mol. The third-order valence-corrected chi connectivity index (χ3v) is 1.75. The van der Waals surface area contributed by atoms with Crippen LogP contribution in [0.4, 0.5) is 0 Å². The SMILES string of the molecule is CC.CCCCCCNC(=O)C=C(C)C. The Morgan fingerprint density at radius 3 is 2.20 bits per heavy atom. The van der Waals surface area contributed by atoms with E-state index >= 15 is 0 Å². The van der Waals surface area contributed by atoms with Crippen LogP contribution in [0.15, 0.2) is 11.6 Å². The molecule has 0 aromatic heterocycles.